The Bertz CT molecular complexity index is 1240. The SMILES string of the molecule is C=C1C(=O)O[C@H]2C[C@H](C)[C@@]34C[C@@]5(C(=O)O[C@@H]6C[C@@](C)(O)C([C@@H](C)CCCO)=C[C@@H]65)[C@@H](C(C)=C3C[C@H]12)C4OC(C)=O. The van der Waals surface area contributed by atoms with Gasteiger partial charge in [0.2, 0.25) is 0 Å². The third kappa shape index (κ3) is 3.47. The molecule has 2 saturated carbocycles. The van der Waals surface area contributed by atoms with Crippen LogP contribution in [0.1, 0.15) is 73.1 Å². The molecule has 2 saturated heterocycles. The maximum Gasteiger partial charge on any atom is 0.334 e. The average molecular weight is 555 g/mol. The Morgan fingerprint density at radius 1 is 1.25 bits per heavy atom. The highest BCUT2D eigenvalue weighted by Gasteiger charge is 2.78. The van der Waals surface area contributed by atoms with Gasteiger partial charge in [-0.05, 0) is 63.4 Å². The molecule has 4 aliphatic carbocycles. The number of ether oxygens (including phenoxy) is 3. The van der Waals surface area contributed by atoms with Gasteiger partial charge in [-0.25, -0.2) is 4.79 Å². The largest absolute Gasteiger partial charge is 0.461 e. The molecule has 0 aromatic carbocycles. The number of aliphatic hydroxyl groups is 2. The van der Waals surface area contributed by atoms with Crippen molar-refractivity contribution < 1.29 is 38.8 Å². The molecule has 2 N–H and O–H groups in total. The van der Waals surface area contributed by atoms with E-state index in [1.165, 1.54) is 12.5 Å². The molecule has 6 rings (SSSR count). The summed E-state index contributed by atoms with van der Waals surface area (Å²) >= 11 is 0. The molecule has 11 atom stereocenters. The lowest BCUT2D eigenvalue weighted by Gasteiger charge is -2.44. The molecule has 8 nitrogen and oxygen atoms in total. The van der Waals surface area contributed by atoms with Crippen LogP contribution in [-0.2, 0) is 28.6 Å². The minimum Gasteiger partial charge on any atom is -0.461 e. The first-order valence-corrected chi connectivity index (χ1v) is 14.8. The molecule has 8 heteroatoms. The zero-order valence-electron chi connectivity index (χ0n) is 24.2. The fourth-order valence-electron chi connectivity index (χ4n) is 9.95. The van der Waals surface area contributed by atoms with Crippen LogP contribution in [0.3, 0.4) is 0 Å². The van der Waals surface area contributed by atoms with Gasteiger partial charge in [-0.2, -0.15) is 0 Å². The van der Waals surface area contributed by atoms with Crippen molar-refractivity contribution >= 4 is 17.9 Å². The number of fused-ring (bicyclic) bond motifs is 5. The smallest absolute Gasteiger partial charge is 0.334 e. The highest BCUT2D eigenvalue weighted by Crippen LogP contribution is 2.75. The van der Waals surface area contributed by atoms with Crippen molar-refractivity contribution in [2.45, 2.75) is 97.1 Å². The molecular weight excluding hydrogens is 512 g/mol. The van der Waals surface area contributed by atoms with E-state index >= 15 is 0 Å². The van der Waals surface area contributed by atoms with Crippen molar-refractivity contribution in [1.29, 1.82) is 0 Å². The van der Waals surface area contributed by atoms with Gasteiger partial charge in [-0.3, -0.25) is 9.59 Å². The highest BCUT2D eigenvalue weighted by atomic mass is 16.6. The van der Waals surface area contributed by atoms with Gasteiger partial charge >= 0.3 is 17.9 Å². The number of esters is 3. The fourth-order valence-corrected chi connectivity index (χ4v) is 9.95. The summed E-state index contributed by atoms with van der Waals surface area (Å²) in [6.07, 6.45) is 4.19. The lowest BCUT2D eigenvalue weighted by atomic mass is 9.56. The van der Waals surface area contributed by atoms with Crippen molar-refractivity contribution in [3.8, 4) is 0 Å². The van der Waals surface area contributed by atoms with Crippen molar-refractivity contribution in [3.63, 3.8) is 0 Å². The topological polar surface area (TPSA) is 119 Å². The number of aliphatic hydroxyl groups excluding tert-OH is 1. The molecule has 0 amide bonds. The van der Waals surface area contributed by atoms with E-state index in [-0.39, 0.29) is 60.2 Å². The number of hydrogen-bond donors (Lipinski definition) is 2. The van der Waals surface area contributed by atoms with Gasteiger partial charge in [0, 0.05) is 48.7 Å². The summed E-state index contributed by atoms with van der Waals surface area (Å²) in [5, 5.41) is 20.9. The van der Waals surface area contributed by atoms with Gasteiger partial charge < -0.3 is 24.4 Å². The van der Waals surface area contributed by atoms with E-state index < -0.39 is 28.6 Å². The summed E-state index contributed by atoms with van der Waals surface area (Å²) in [4.78, 5) is 39.1. The molecular formula is C32H42O8. The number of hydrogen-bond acceptors (Lipinski definition) is 8. The average Bonchev–Trinajstić information content (AvgIpc) is 3.44. The Labute approximate surface area is 235 Å². The first-order chi connectivity index (χ1) is 18.8. The van der Waals surface area contributed by atoms with Gasteiger partial charge in [-0.15, -0.1) is 0 Å². The Morgan fingerprint density at radius 2 is 1.98 bits per heavy atom. The van der Waals surface area contributed by atoms with E-state index in [0.717, 1.165) is 17.6 Å². The minimum absolute atomic E-state index is 0.0228. The monoisotopic (exact) mass is 554 g/mol. The second-order valence-electron chi connectivity index (χ2n) is 13.7. The first kappa shape index (κ1) is 27.7. The van der Waals surface area contributed by atoms with Crippen LogP contribution in [0.25, 0.3) is 0 Å². The Balaban J connectivity index is 1.49. The van der Waals surface area contributed by atoms with Crippen LogP contribution < -0.4 is 0 Å². The molecule has 2 spiro atoms. The molecule has 0 aromatic heterocycles. The zero-order chi connectivity index (χ0) is 28.9. The van der Waals surface area contributed by atoms with Crippen LogP contribution in [0.5, 0.6) is 0 Å². The molecule has 0 radical (unpaired) electrons. The lowest BCUT2D eigenvalue weighted by Crippen LogP contribution is -2.47. The van der Waals surface area contributed by atoms with E-state index in [9.17, 15) is 24.6 Å². The Morgan fingerprint density at radius 3 is 2.65 bits per heavy atom. The van der Waals surface area contributed by atoms with Gasteiger partial charge in [-0.1, -0.05) is 37.6 Å². The van der Waals surface area contributed by atoms with E-state index in [0.29, 0.717) is 37.7 Å². The summed E-state index contributed by atoms with van der Waals surface area (Å²) in [6, 6.07) is 0. The van der Waals surface area contributed by atoms with Crippen molar-refractivity contribution in [1.82, 2.24) is 0 Å². The Kier molecular flexibility index (Phi) is 6.25. The molecule has 0 aromatic rings. The van der Waals surface area contributed by atoms with Crippen LogP contribution in [0.15, 0.2) is 34.9 Å². The van der Waals surface area contributed by atoms with E-state index in [2.05, 4.69) is 33.4 Å². The predicted octanol–water partition coefficient (Wildman–Crippen LogP) is 3.80. The number of carbonyl (C=O) groups is 3. The van der Waals surface area contributed by atoms with Crippen molar-refractivity contribution in [2.75, 3.05) is 6.61 Å². The fraction of sp³-hybridized carbons (Fsp3) is 0.719. The maximum atomic E-state index is 14.1. The molecule has 2 aliphatic heterocycles. The highest BCUT2D eigenvalue weighted by molar-refractivity contribution is 5.91. The second-order valence-corrected chi connectivity index (χ2v) is 13.7. The van der Waals surface area contributed by atoms with E-state index in [4.69, 9.17) is 14.2 Å². The molecule has 4 fully saturated rings. The van der Waals surface area contributed by atoms with Gasteiger partial charge in [0.25, 0.3) is 0 Å². The van der Waals surface area contributed by atoms with Crippen LogP contribution in [0.4, 0.5) is 0 Å². The molecule has 1 unspecified atom stereocenters. The van der Waals surface area contributed by atoms with Crippen LogP contribution >= 0.6 is 0 Å². The summed E-state index contributed by atoms with van der Waals surface area (Å²) in [5.74, 6) is -1.73. The minimum atomic E-state index is -1.12. The van der Waals surface area contributed by atoms with E-state index in [1.54, 1.807) is 6.92 Å². The molecule has 218 valence electrons. The van der Waals surface area contributed by atoms with Gasteiger partial charge in [0.05, 0.1) is 11.0 Å². The molecule has 2 bridgehead atoms. The van der Waals surface area contributed by atoms with Gasteiger partial charge in [0.15, 0.2) is 0 Å². The Hall–Kier alpha value is -2.45. The predicted molar refractivity (Wildman–Crippen MR) is 144 cm³/mol. The summed E-state index contributed by atoms with van der Waals surface area (Å²) in [5.41, 5.74) is 0.984. The third-order valence-electron chi connectivity index (χ3n) is 11.6. The maximum absolute atomic E-state index is 14.1. The van der Waals surface area contributed by atoms with Crippen molar-refractivity contribution in [2.24, 2.45) is 40.4 Å². The first-order valence-electron chi connectivity index (χ1n) is 14.8. The number of rotatable bonds is 5. The summed E-state index contributed by atoms with van der Waals surface area (Å²) in [7, 11) is 0. The lowest BCUT2D eigenvalue weighted by molar-refractivity contribution is -0.156. The van der Waals surface area contributed by atoms with Gasteiger partial charge in [0.1, 0.15) is 18.3 Å². The van der Waals surface area contributed by atoms with Crippen molar-refractivity contribution in [3.05, 3.63) is 34.9 Å². The summed E-state index contributed by atoms with van der Waals surface area (Å²) < 4.78 is 18.1. The molecule has 40 heavy (non-hydrogen) atoms. The normalized spacial score (nSPS) is 45.9. The number of carbonyl (C=O) groups excluding carboxylic acids is 3. The van der Waals surface area contributed by atoms with Crippen LogP contribution in [0.2, 0.25) is 0 Å². The molecule has 2 heterocycles. The molecule has 6 aliphatic rings. The zero-order valence-corrected chi connectivity index (χ0v) is 24.2. The standard InChI is InChI=1S/C32H42O8/c1-15(8-7-9-33)21-12-23-25(13-30(21,6)37)40-29(36)32(23)14-31-16(2)10-24-20(17(3)28(35)39-24)11-22(31)18(4)26(32)27(31)38-19(5)34/h12,15-16,20,23-27,33,37H,3,7-11,13-14H2,1-2,4-6H3/t15-,16-,20+,23-,24-,25+,26-,27?,30+,31-,32-/m0/s1. The van der Waals surface area contributed by atoms with Crippen LogP contribution in [0, 0.1) is 40.4 Å². The quantitative estimate of drug-likeness (QED) is 0.228. The summed E-state index contributed by atoms with van der Waals surface area (Å²) in [6.45, 7) is 13.6. The third-order valence-corrected chi connectivity index (χ3v) is 11.6. The van der Waals surface area contributed by atoms with Crippen LogP contribution in [-0.4, -0.2) is 58.6 Å². The van der Waals surface area contributed by atoms with E-state index in [1.807, 2.05) is 0 Å². The second kappa shape index (κ2) is 9.02.